The van der Waals surface area contributed by atoms with E-state index in [1.54, 1.807) is 31.5 Å². The van der Waals surface area contributed by atoms with Gasteiger partial charge in [-0.15, -0.1) is 0 Å². The van der Waals surface area contributed by atoms with Gasteiger partial charge in [-0.2, -0.15) is 0 Å². The fraction of sp³-hybridized carbons (Fsp3) is 0.167. The Labute approximate surface area is 237 Å². The first kappa shape index (κ1) is 26.6. The lowest BCUT2D eigenvalue weighted by Gasteiger charge is -2.28. The molecule has 0 aliphatic carbocycles. The molecule has 0 spiro atoms. The van der Waals surface area contributed by atoms with Crippen LogP contribution in [0, 0.1) is 0 Å². The fourth-order valence-electron chi connectivity index (χ4n) is 4.75. The van der Waals surface area contributed by atoms with E-state index in [9.17, 15) is 9.59 Å². The van der Waals surface area contributed by atoms with Crippen LogP contribution in [-0.4, -0.2) is 55.5 Å². The Morgan fingerprint density at radius 3 is 2.36 bits per heavy atom. The van der Waals surface area contributed by atoms with Crippen molar-refractivity contribution in [1.29, 1.82) is 0 Å². The Balaban J connectivity index is 1.57. The SMILES string of the molecule is CSN(C(=O)Nc1ccc(N(C)C)c2ccccc12)C1N=C(c2ccccc2)c2cc(Cl)ccc2N(C)C1=O. The number of likely N-dealkylation sites (N-methyl/N-ethyl adjacent to an activating group) is 1. The third-order valence-corrected chi connectivity index (χ3v) is 7.66. The molecule has 1 unspecified atom stereocenters. The van der Waals surface area contributed by atoms with Crippen molar-refractivity contribution in [3.8, 4) is 0 Å². The van der Waals surface area contributed by atoms with E-state index in [-0.39, 0.29) is 5.91 Å². The Morgan fingerprint density at radius 2 is 1.67 bits per heavy atom. The highest BCUT2D eigenvalue weighted by Gasteiger charge is 2.36. The van der Waals surface area contributed by atoms with Crippen molar-refractivity contribution in [2.75, 3.05) is 42.5 Å². The molecule has 1 aliphatic rings. The summed E-state index contributed by atoms with van der Waals surface area (Å²) in [5.74, 6) is -0.332. The van der Waals surface area contributed by atoms with Crippen LogP contribution in [0.5, 0.6) is 0 Å². The van der Waals surface area contributed by atoms with E-state index in [0.29, 0.717) is 22.1 Å². The fourth-order valence-corrected chi connectivity index (χ4v) is 5.48. The second kappa shape index (κ2) is 11.0. The van der Waals surface area contributed by atoms with Crippen molar-refractivity contribution < 1.29 is 9.59 Å². The summed E-state index contributed by atoms with van der Waals surface area (Å²) in [7, 11) is 5.66. The van der Waals surface area contributed by atoms with Crippen LogP contribution >= 0.6 is 23.5 Å². The zero-order valence-electron chi connectivity index (χ0n) is 22.1. The molecule has 198 valence electrons. The van der Waals surface area contributed by atoms with Crippen molar-refractivity contribution in [3.63, 3.8) is 0 Å². The summed E-state index contributed by atoms with van der Waals surface area (Å²) in [6.45, 7) is 0. The third-order valence-electron chi connectivity index (χ3n) is 6.67. The molecule has 39 heavy (non-hydrogen) atoms. The van der Waals surface area contributed by atoms with Crippen LogP contribution in [0.1, 0.15) is 11.1 Å². The van der Waals surface area contributed by atoms with Gasteiger partial charge in [0.05, 0.1) is 17.1 Å². The lowest BCUT2D eigenvalue weighted by Crippen LogP contribution is -2.47. The van der Waals surface area contributed by atoms with Crippen molar-refractivity contribution in [2.24, 2.45) is 4.99 Å². The van der Waals surface area contributed by atoms with E-state index in [2.05, 4.69) is 5.32 Å². The first-order chi connectivity index (χ1) is 18.8. The molecule has 0 saturated heterocycles. The number of carbonyl (C=O) groups is 2. The number of halogens is 1. The van der Waals surface area contributed by atoms with E-state index in [1.165, 1.54) is 9.21 Å². The van der Waals surface area contributed by atoms with Gasteiger partial charge in [0.2, 0.25) is 6.17 Å². The Morgan fingerprint density at radius 1 is 0.974 bits per heavy atom. The van der Waals surface area contributed by atoms with E-state index in [1.807, 2.05) is 85.7 Å². The summed E-state index contributed by atoms with van der Waals surface area (Å²) in [4.78, 5) is 36.0. The van der Waals surface area contributed by atoms with Gasteiger partial charge in [0.1, 0.15) is 0 Å². The molecule has 1 N–H and O–H groups in total. The van der Waals surface area contributed by atoms with Gasteiger partial charge in [-0.05, 0) is 42.3 Å². The smallest absolute Gasteiger partial charge is 0.334 e. The normalized spacial score (nSPS) is 14.9. The van der Waals surface area contributed by atoms with Gasteiger partial charge in [-0.1, -0.05) is 66.2 Å². The number of benzene rings is 4. The first-order valence-corrected chi connectivity index (χ1v) is 13.9. The van der Waals surface area contributed by atoms with Crippen molar-refractivity contribution in [3.05, 3.63) is 101 Å². The van der Waals surface area contributed by atoms with Gasteiger partial charge in [0.15, 0.2) is 0 Å². The molecule has 0 radical (unpaired) electrons. The Kier molecular flexibility index (Phi) is 7.50. The van der Waals surface area contributed by atoms with E-state index in [4.69, 9.17) is 16.6 Å². The van der Waals surface area contributed by atoms with Gasteiger partial charge >= 0.3 is 6.03 Å². The third kappa shape index (κ3) is 5.05. The number of nitrogens with one attached hydrogen (secondary N) is 1. The number of benzodiazepines with no additional fused rings is 1. The maximum absolute atomic E-state index is 13.8. The average molecular weight is 558 g/mol. The molecule has 3 amide bonds. The number of carbonyl (C=O) groups excluding carboxylic acids is 2. The van der Waals surface area contributed by atoms with Gasteiger partial charge in [0.25, 0.3) is 5.91 Å². The molecule has 0 saturated carbocycles. The van der Waals surface area contributed by atoms with E-state index >= 15 is 0 Å². The van der Waals surface area contributed by atoms with Crippen LogP contribution in [0.2, 0.25) is 5.02 Å². The number of rotatable bonds is 5. The summed E-state index contributed by atoms with van der Waals surface area (Å²) < 4.78 is 1.38. The van der Waals surface area contributed by atoms with Gasteiger partial charge in [-0.25, -0.2) is 14.1 Å². The summed E-state index contributed by atoms with van der Waals surface area (Å²) in [5, 5.41) is 5.47. The first-order valence-electron chi connectivity index (χ1n) is 12.3. The molecule has 7 nitrogen and oxygen atoms in total. The number of amides is 3. The summed E-state index contributed by atoms with van der Waals surface area (Å²) in [5.41, 5.74) is 4.49. The summed E-state index contributed by atoms with van der Waals surface area (Å²) in [6, 6.07) is 26.3. The summed E-state index contributed by atoms with van der Waals surface area (Å²) >= 11 is 7.52. The molecule has 9 heteroatoms. The molecular formula is C30H28ClN5O2S. The Bertz CT molecular complexity index is 1590. The number of hydrogen-bond acceptors (Lipinski definition) is 5. The van der Waals surface area contributed by atoms with Gasteiger partial charge in [0, 0.05) is 60.0 Å². The number of fused-ring (bicyclic) bond motifs is 2. The molecular weight excluding hydrogens is 530 g/mol. The number of aliphatic imine (C=N–C) groups is 1. The van der Waals surface area contributed by atoms with E-state index < -0.39 is 12.2 Å². The topological polar surface area (TPSA) is 68.2 Å². The minimum Gasteiger partial charge on any atom is -0.377 e. The standard InChI is InChI=1S/C30H28ClN5O2S/c1-34(2)25-17-15-24(21-12-8-9-13-22(21)25)32-30(38)36(39-4)28-29(37)35(3)26-16-14-20(31)18-23(26)27(33-28)19-10-6-5-7-11-19/h5-18,28H,1-4H3,(H,32,38). The van der Waals surface area contributed by atoms with Crippen LogP contribution in [0.25, 0.3) is 10.8 Å². The molecule has 5 rings (SSSR count). The zero-order valence-corrected chi connectivity index (χ0v) is 23.6. The summed E-state index contributed by atoms with van der Waals surface area (Å²) in [6.07, 6.45) is 0.644. The predicted molar refractivity (Wildman–Crippen MR) is 163 cm³/mol. The highest BCUT2D eigenvalue weighted by molar-refractivity contribution is 7.96. The number of anilines is 3. The zero-order chi connectivity index (χ0) is 27.7. The number of urea groups is 1. The molecule has 0 bridgehead atoms. The van der Waals surface area contributed by atoms with Crippen LogP contribution in [0.4, 0.5) is 21.9 Å². The second-order valence-corrected chi connectivity index (χ2v) is 10.5. The monoisotopic (exact) mass is 557 g/mol. The Hall–Kier alpha value is -4.01. The maximum atomic E-state index is 13.8. The van der Waals surface area contributed by atoms with E-state index in [0.717, 1.165) is 39.5 Å². The molecule has 4 aromatic rings. The van der Waals surface area contributed by atoms with Crippen molar-refractivity contribution in [1.82, 2.24) is 4.31 Å². The molecule has 1 atom stereocenters. The molecule has 4 aromatic carbocycles. The number of hydrogen-bond donors (Lipinski definition) is 1. The molecule has 0 aromatic heterocycles. The minimum atomic E-state index is -1.11. The number of nitrogens with zero attached hydrogens (tertiary/aromatic N) is 4. The van der Waals surface area contributed by atoms with Crippen LogP contribution in [-0.2, 0) is 4.79 Å². The largest absolute Gasteiger partial charge is 0.377 e. The highest BCUT2D eigenvalue weighted by Crippen LogP contribution is 2.34. The van der Waals surface area contributed by atoms with Crippen LogP contribution in [0.15, 0.2) is 89.9 Å². The van der Waals surface area contributed by atoms with Crippen LogP contribution in [0.3, 0.4) is 0 Å². The lowest BCUT2D eigenvalue weighted by atomic mass is 10.0. The van der Waals surface area contributed by atoms with Gasteiger partial charge < -0.3 is 15.1 Å². The van der Waals surface area contributed by atoms with Crippen molar-refractivity contribution >= 4 is 69.0 Å². The average Bonchev–Trinajstić information content (AvgIpc) is 3.04. The molecule has 1 heterocycles. The van der Waals surface area contributed by atoms with Crippen LogP contribution < -0.4 is 15.1 Å². The van der Waals surface area contributed by atoms with Crippen molar-refractivity contribution in [2.45, 2.75) is 6.17 Å². The quantitative estimate of drug-likeness (QED) is 0.284. The molecule has 1 aliphatic heterocycles. The second-order valence-electron chi connectivity index (χ2n) is 9.29. The minimum absolute atomic E-state index is 0.332. The maximum Gasteiger partial charge on any atom is 0.334 e. The molecule has 0 fully saturated rings. The predicted octanol–water partition coefficient (Wildman–Crippen LogP) is 6.51. The lowest BCUT2D eigenvalue weighted by molar-refractivity contribution is -0.121. The highest BCUT2D eigenvalue weighted by atomic mass is 35.5. The van der Waals surface area contributed by atoms with Gasteiger partial charge in [-0.3, -0.25) is 4.79 Å².